The largest absolute Gasteiger partial charge is 0.381 e. The van der Waals surface area contributed by atoms with Gasteiger partial charge in [0.2, 0.25) is 0 Å². The smallest absolute Gasteiger partial charge is 0.0644 e. The first-order valence-corrected chi connectivity index (χ1v) is 5.95. The Morgan fingerprint density at radius 3 is 2.27 bits per heavy atom. The Labute approximate surface area is 94.3 Å². The monoisotopic (exact) mass is 217 g/mol. The maximum Gasteiger partial charge on any atom is 0.0644 e. The standard InChI is InChI=1S/C12H27NO2/c1-12(2,14-3)8-11-15-10-7-5-4-6-9-13/h4-11,13H2,1-3H3. The topological polar surface area (TPSA) is 44.5 Å². The molecule has 0 saturated heterocycles. The van der Waals surface area contributed by atoms with E-state index < -0.39 is 0 Å². The molecule has 92 valence electrons. The van der Waals surface area contributed by atoms with E-state index in [1.807, 2.05) is 0 Å². The first-order valence-electron chi connectivity index (χ1n) is 5.95. The van der Waals surface area contributed by atoms with Gasteiger partial charge in [-0.3, -0.25) is 0 Å². The highest BCUT2D eigenvalue weighted by Gasteiger charge is 2.15. The minimum atomic E-state index is -0.0560. The van der Waals surface area contributed by atoms with Crippen LogP contribution < -0.4 is 5.73 Å². The van der Waals surface area contributed by atoms with Gasteiger partial charge in [-0.25, -0.2) is 0 Å². The van der Waals surface area contributed by atoms with Gasteiger partial charge < -0.3 is 15.2 Å². The highest BCUT2D eigenvalue weighted by Crippen LogP contribution is 2.12. The van der Waals surface area contributed by atoms with Gasteiger partial charge in [0.25, 0.3) is 0 Å². The summed E-state index contributed by atoms with van der Waals surface area (Å²) in [4.78, 5) is 0. The van der Waals surface area contributed by atoms with Gasteiger partial charge in [-0.15, -0.1) is 0 Å². The first kappa shape index (κ1) is 14.9. The number of hydrogen-bond acceptors (Lipinski definition) is 3. The van der Waals surface area contributed by atoms with E-state index in [2.05, 4.69) is 13.8 Å². The predicted molar refractivity (Wildman–Crippen MR) is 64.0 cm³/mol. The third kappa shape index (κ3) is 10.2. The van der Waals surface area contributed by atoms with Gasteiger partial charge in [0.05, 0.1) is 5.60 Å². The summed E-state index contributed by atoms with van der Waals surface area (Å²) in [5.74, 6) is 0. The van der Waals surface area contributed by atoms with Crippen molar-refractivity contribution < 1.29 is 9.47 Å². The van der Waals surface area contributed by atoms with Crippen LogP contribution in [0.25, 0.3) is 0 Å². The van der Waals surface area contributed by atoms with Crippen molar-refractivity contribution in [2.75, 3.05) is 26.9 Å². The van der Waals surface area contributed by atoms with Crippen molar-refractivity contribution in [3.05, 3.63) is 0 Å². The zero-order chi connectivity index (χ0) is 11.6. The van der Waals surface area contributed by atoms with Crippen LogP contribution in [0.2, 0.25) is 0 Å². The van der Waals surface area contributed by atoms with Gasteiger partial charge in [0.1, 0.15) is 0 Å². The lowest BCUT2D eigenvalue weighted by Gasteiger charge is -2.22. The molecule has 0 aromatic heterocycles. The quantitative estimate of drug-likeness (QED) is 0.571. The summed E-state index contributed by atoms with van der Waals surface area (Å²) in [6.07, 6.45) is 5.69. The molecule has 0 atom stereocenters. The zero-order valence-corrected chi connectivity index (χ0v) is 10.6. The molecule has 0 saturated carbocycles. The van der Waals surface area contributed by atoms with Crippen LogP contribution in [0.1, 0.15) is 46.0 Å². The molecule has 0 bridgehead atoms. The van der Waals surface area contributed by atoms with E-state index >= 15 is 0 Å². The van der Waals surface area contributed by atoms with Crippen molar-refractivity contribution in [2.45, 2.75) is 51.6 Å². The van der Waals surface area contributed by atoms with E-state index in [0.717, 1.165) is 39.0 Å². The number of methoxy groups -OCH3 is 1. The summed E-state index contributed by atoms with van der Waals surface area (Å²) in [7, 11) is 1.74. The normalized spacial score (nSPS) is 12.0. The molecule has 0 rings (SSSR count). The van der Waals surface area contributed by atoms with Crippen LogP contribution in [0, 0.1) is 0 Å². The molecule has 0 aliphatic carbocycles. The fourth-order valence-corrected chi connectivity index (χ4v) is 1.22. The molecule has 0 unspecified atom stereocenters. The molecule has 0 fully saturated rings. The third-order valence-corrected chi connectivity index (χ3v) is 2.64. The molecule has 0 aliphatic heterocycles. The van der Waals surface area contributed by atoms with Crippen LogP contribution in [0.3, 0.4) is 0 Å². The Balaban J connectivity index is 3.11. The predicted octanol–water partition coefficient (Wildman–Crippen LogP) is 2.34. The molecule has 3 heteroatoms. The molecular formula is C12H27NO2. The Morgan fingerprint density at radius 1 is 1.00 bits per heavy atom. The summed E-state index contributed by atoms with van der Waals surface area (Å²) in [5.41, 5.74) is 5.35. The molecule has 0 aliphatic rings. The number of ether oxygens (including phenoxy) is 2. The van der Waals surface area contributed by atoms with Gasteiger partial charge in [0.15, 0.2) is 0 Å². The minimum absolute atomic E-state index is 0.0560. The Morgan fingerprint density at radius 2 is 1.67 bits per heavy atom. The first-order chi connectivity index (χ1) is 7.12. The lowest BCUT2D eigenvalue weighted by Crippen LogP contribution is -2.24. The van der Waals surface area contributed by atoms with Crippen LogP contribution in [0.5, 0.6) is 0 Å². The molecule has 2 N–H and O–H groups in total. The van der Waals surface area contributed by atoms with Gasteiger partial charge in [-0.1, -0.05) is 12.8 Å². The molecule has 0 radical (unpaired) electrons. The van der Waals surface area contributed by atoms with Crippen LogP contribution in [-0.4, -0.2) is 32.5 Å². The van der Waals surface area contributed by atoms with Crippen molar-refractivity contribution >= 4 is 0 Å². The fourth-order valence-electron chi connectivity index (χ4n) is 1.22. The van der Waals surface area contributed by atoms with Gasteiger partial charge in [-0.2, -0.15) is 0 Å². The van der Waals surface area contributed by atoms with E-state index in [-0.39, 0.29) is 5.60 Å². The average Bonchev–Trinajstić information content (AvgIpc) is 2.22. The maximum absolute atomic E-state index is 5.54. The van der Waals surface area contributed by atoms with E-state index in [9.17, 15) is 0 Å². The number of nitrogens with two attached hydrogens (primary N) is 1. The maximum atomic E-state index is 5.54. The van der Waals surface area contributed by atoms with Gasteiger partial charge in [-0.05, 0) is 39.7 Å². The van der Waals surface area contributed by atoms with Crippen molar-refractivity contribution in [2.24, 2.45) is 5.73 Å². The van der Waals surface area contributed by atoms with Crippen molar-refractivity contribution in [1.29, 1.82) is 0 Å². The van der Waals surface area contributed by atoms with E-state index in [1.165, 1.54) is 12.8 Å². The number of rotatable bonds is 10. The number of hydrogen-bond donors (Lipinski definition) is 1. The molecule has 0 heterocycles. The summed E-state index contributed by atoms with van der Waals surface area (Å²) in [5, 5.41) is 0. The molecule has 0 aromatic rings. The van der Waals surface area contributed by atoms with E-state index in [1.54, 1.807) is 7.11 Å². The SMILES string of the molecule is COC(C)(C)CCOCCCCCCN. The molecule has 0 spiro atoms. The molecule has 15 heavy (non-hydrogen) atoms. The van der Waals surface area contributed by atoms with Gasteiger partial charge >= 0.3 is 0 Å². The molecule has 0 amide bonds. The third-order valence-electron chi connectivity index (χ3n) is 2.64. The Kier molecular flexibility index (Phi) is 9.06. The second-order valence-electron chi connectivity index (χ2n) is 4.53. The fraction of sp³-hybridized carbons (Fsp3) is 1.00. The zero-order valence-electron chi connectivity index (χ0n) is 10.6. The second-order valence-corrected chi connectivity index (χ2v) is 4.53. The lowest BCUT2D eigenvalue weighted by molar-refractivity contribution is -0.0101. The minimum Gasteiger partial charge on any atom is -0.381 e. The summed E-state index contributed by atoms with van der Waals surface area (Å²) < 4.78 is 10.8. The second kappa shape index (κ2) is 9.13. The highest BCUT2D eigenvalue weighted by atomic mass is 16.5. The summed E-state index contributed by atoms with van der Waals surface area (Å²) in [6, 6.07) is 0. The van der Waals surface area contributed by atoms with Gasteiger partial charge in [0, 0.05) is 20.3 Å². The lowest BCUT2D eigenvalue weighted by atomic mass is 10.1. The van der Waals surface area contributed by atoms with E-state index in [0.29, 0.717) is 0 Å². The van der Waals surface area contributed by atoms with Crippen molar-refractivity contribution in [3.8, 4) is 0 Å². The molecule has 0 aromatic carbocycles. The Bertz CT molecular complexity index is 138. The highest BCUT2D eigenvalue weighted by molar-refractivity contribution is 4.66. The van der Waals surface area contributed by atoms with Crippen molar-refractivity contribution in [1.82, 2.24) is 0 Å². The van der Waals surface area contributed by atoms with Crippen LogP contribution >= 0.6 is 0 Å². The summed E-state index contributed by atoms with van der Waals surface area (Å²) >= 11 is 0. The Hall–Kier alpha value is -0.120. The molecule has 3 nitrogen and oxygen atoms in total. The number of unbranched alkanes of at least 4 members (excludes halogenated alkanes) is 3. The van der Waals surface area contributed by atoms with Crippen LogP contribution in [0.4, 0.5) is 0 Å². The van der Waals surface area contributed by atoms with E-state index in [4.69, 9.17) is 15.2 Å². The summed E-state index contributed by atoms with van der Waals surface area (Å²) in [6.45, 7) is 6.63. The average molecular weight is 217 g/mol. The molecular weight excluding hydrogens is 190 g/mol. The van der Waals surface area contributed by atoms with Crippen LogP contribution in [-0.2, 0) is 9.47 Å². The van der Waals surface area contributed by atoms with Crippen LogP contribution in [0.15, 0.2) is 0 Å². The van der Waals surface area contributed by atoms with Crippen molar-refractivity contribution in [3.63, 3.8) is 0 Å².